The number of nitrogens with zero attached hydrogens (tertiary/aromatic N) is 1. The van der Waals surface area contributed by atoms with Crippen LogP contribution in [0.4, 0.5) is 0 Å². The molecule has 0 fully saturated rings. The first-order valence-corrected chi connectivity index (χ1v) is 10.8. The van der Waals surface area contributed by atoms with Crippen LogP contribution >= 0.6 is 11.3 Å². The quantitative estimate of drug-likeness (QED) is 0.420. The minimum Gasteiger partial charge on any atom is -0.493 e. The Morgan fingerprint density at radius 3 is 2.72 bits per heavy atom. The van der Waals surface area contributed by atoms with Crippen molar-refractivity contribution in [2.45, 2.75) is 13.1 Å². The van der Waals surface area contributed by atoms with Gasteiger partial charge in [0.1, 0.15) is 6.61 Å². The summed E-state index contributed by atoms with van der Waals surface area (Å²) in [5.74, 6) is 1.70. The zero-order valence-corrected chi connectivity index (χ0v) is 17.2. The Labute approximate surface area is 175 Å². The molecule has 4 aromatic rings. The van der Waals surface area contributed by atoms with Gasteiger partial charge in [0.15, 0.2) is 11.5 Å². The lowest BCUT2D eigenvalue weighted by Crippen LogP contribution is -2.25. The molecule has 0 aliphatic carbocycles. The summed E-state index contributed by atoms with van der Waals surface area (Å²) >= 11 is 1.78. The number of thiophene rings is 1. The van der Waals surface area contributed by atoms with E-state index in [4.69, 9.17) is 9.47 Å². The molecule has 0 amide bonds. The lowest BCUT2D eigenvalue weighted by atomic mass is 10.0. The summed E-state index contributed by atoms with van der Waals surface area (Å²) in [5, 5.41) is 3.53. The Bertz CT molecular complexity index is 1140. The van der Waals surface area contributed by atoms with Gasteiger partial charge in [-0.3, -0.25) is 4.90 Å². The van der Waals surface area contributed by atoms with Crippen LogP contribution in [0.1, 0.15) is 11.1 Å². The van der Waals surface area contributed by atoms with Crippen LogP contribution in [-0.4, -0.2) is 25.2 Å². The molecule has 0 saturated heterocycles. The molecule has 0 spiro atoms. The van der Waals surface area contributed by atoms with Crippen molar-refractivity contribution in [3.8, 4) is 22.6 Å². The summed E-state index contributed by atoms with van der Waals surface area (Å²) in [6.07, 6.45) is 0. The summed E-state index contributed by atoms with van der Waals surface area (Å²) < 4.78 is 13.2. The molecule has 3 nitrogen and oxygen atoms in total. The molecule has 5 rings (SSSR count). The van der Waals surface area contributed by atoms with E-state index in [0.29, 0.717) is 6.61 Å². The van der Waals surface area contributed by atoms with Gasteiger partial charge >= 0.3 is 0 Å². The highest BCUT2D eigenvalue weighted by Gasteiger charge is 2.21. The number of hydrogen-bond donors (Lipinski definition) is 0. The molecule has 29 heavy (non-hydrogen) atoms. The summed E-state index contributed by atoms with van der Waals surface area (Å²) in [6, 6.07) is 23.6. The number of fused-ring (bicyclic) bond motifs is 2. The molecule has 0 unspecified atom stereocenters. The van der Waals surface area contributed by atoms with Crippen molar-refractivity contribution in [2.24, 2.45) is 0 Å². The molecule has 1 aromatic heterocycles. The van der Waals surface area contributed by atoms with E-state index >= 15 is 0 Å². The van der Waals surface area contributed by atoms with Crippen molar-refractivity contribution in [2.75, 3.05) is 20.3 Å². The smallest absolute Gasteiger partial charge is 0.165 e. The number of hydrogen-bond acceptors (Lipinski definition) is 4. The molecular weight excluding hydrogens is 378 g/mol. The fourth-order valence-corrected chi connectivity index (χ4v) is 4.99. The second kappa shape index (κ2) is 7.90. The van der Waals surface area contributed by atoms with Crippen LogP contribution in [0.15, 0.2) is 72.1 Å². The van der Waals surface area contributed by atoms with Crippen LogP contribution in [0.25, 0.3) is 21.2 Å². The van der Waals surface area contributed by atoms with Gasteiger partial charge in [0.25, 0.3) is 0 Å². The van der Waals surface area contributed by atoms with E-state index in [1.54, 1.807) is 18.4 Å². The summed E-state index contributed by atoms with van der Waals surface area (Å²) in [6.45, 7) is 3.31. The minimum absolute atomic E-state index is 0.664. The second-order valence-electron chi connectivity index (χ2n) is 7.36. The van der Waals surface area contributed by atoms with Gasteiger partial charge in [0, 0.05) is 40.8 Å². The average molecular weight is 402 g/mol. The molecule has 0 N–H and O–H groups in total. The van der Waals surface area contributed by atoms with Gasteiger partial charge in [0.2, 0.25) is 0 Å². The van der Waals surface area contributed by atoms with E-state index in [2.05, 4.69) is 77.0 Å². The third-order valence-corrected chi connectivity index (χ3v) is 6.40. The van der Waals surface area contributed by atoms with Gasteiger partial charge in [-0.15, -0.1) is 11.3 Å². The highest BCUT2D eigenvalue weighted by Crippen LogP contribution is 2.41. The van der Waals surface area contributed by atoms with Crippen molar-refractivity contribution in [1.29, 1.82) is 0 Å². The standard InChI is InChI=1S/C25H23NO2S/c1-27-23-14-19(22-17-29-24-10-6-5-9-21(22)24)13-20-16-26(11-12-28-25(20)23)15-18-7-3-2-4-8-18/h2-10,13-14,17H,11-12,15-16H2,1H3. The highest BCUT2D eigenvalue weighted by molar-refractivity contribution is 7.17. The lowest BCUT2D eigenvalue weighted by molar-refractivity contribution is 0.217. The van der Waals surface area contributed by atoms with Crippen molar-refractivity contribution in [3.63, 3.8) is 0 Å². The Morgan fingerprint density at radius 2 is 1.86 bits per heavy atom. The van der Waals surface area contributed by atoms with E-state index in [9.17, 15) is 0 Å². The van der Waals surface area contributed by atoms with E-state index in [0.717, 1.165) is 31.1 Å². The normalized spacial score (nSPS) is 14.2. The molecule has 3 aromatic carbocycles. The van der Waals surface area contributed by atoms with E-state index in [-0.39, 0.29) is 0 Å². The zero-order chi connectivity index (χ0) is 19.6. The fourth-order valence-electron chi connectivity index (χ4n) is 4.02. The van der Waals surface area contributed by atoms with Gasteiger partial charge in [-0.25, -0.2) is 0 Å². The summed E-state index contributed by atoms with van der Waals surface area (Å²) in [4.78, 5) is 2.44. The van der Waals surface area contributed by atoms with E-state index in [1.807, 2.05) is 0 Å². The Morgan fingerprint density at radius 1 is 1.03 bits per heavy atom. The molecule has 146 valence electrons. The predicted molar refractivity (Wildman–Crippen MR) is 120 cm³/mol. The number of benzene rings is 3. The third kappa shape index (κ3) is 3.61. The SMILES string of the molecule is COc1cc(-c2csc3ccccc23)cc2c1OCCN(Cc1ccccc1)C2. The Hall–Kier alpha value is -2.82. The van der Waals surface area contributed by atoms with Crippen LogP contribution in [-0.2, 0) is 13.1 Å². The van der Waals surface area contributed by atoms with Crippen LogP contribution in [0.2, 0.25) is 0 Å². The molecule has 0 atom stereocenters. The number of methoxy groups -OCH3 is 1. The molecule has 2 heterocycles. The van der Waals surface area contributed by atoms with Crippen molar-refractivity contribution in [1.82, 2.24) is 4.90 Å². The maximum absolute atomic E-state index is 6.13. The van der Waals surface area contributed by atoms with Gasteiger partial charge in [-0.05, 0) is 34.7 Å². The lowest BCUT2D eigenvalue weighted by Gasteiger charge is -2.20. The molecule has 0 saturated carbocycles. The average Bonchev–Trinajstić information content (AvgIpc) is 3.08. The Balaban J connectivity index is 1.54. The van der Waals surface area contributed by atoms with Gasteiger partial charge in [-0.1, -0.05) is 48.5 Å². The van der Waals surface area contributed by atoms with Crippen molar-refractivity contribution >= 4 is 21.4 Å². The summed E-state index contributed by atoms with van der Waals surface area (Å²) in [7, 11) is 1.72. The number of ether oxygens (including phenoxy) is 2. The predicted octanol–water partition coefficient (Wildman–Crippen LogP) is 5.97. The van der Waals surface area contributed by atoms with Crippen molar-refractivity contribution in [3.05, 3.63) is 83.2 Å². The minimum atomic E-state index is 0.664. The van der Waals surface area contributed by atoms with Crippen LogP contribution in [0, 0.1) is 0 Å². The van der Waals surface area contributed by atoms with E-state index in [1.165, 1.54) is 32.3 Å². The van der Waals surface area contributed by atoms with Crippen LogP contribution in [0.3, 0.4) is 0 Å². The monoisotopic (exact) mass is 401 g/mol. The molecule has 1 aliphatic rings. The third-order valence-electron chi connectivity index (χ3n) is 5.44. The van der Waals surface area contributed by atoms with Crippen molar-refractivity contribution < 1.29 is 9.47 Å². The second-order valence-corrected chi connectivity index (χ2v) is 8.27. The Kier molecular flexibility index (Phi) is 4.96. The molecule has 0 radical (unpaired) electrons. The topological polar surface area (TPSA) is 21.7 Å². The first-order chi connectivity index (χ1) is 14.3. The molecule has 1 aliphatic heterocycles. The summed E-state index contributed by atoms with van der Waals surface area (Å²) in [5.41, 5.74) is 4.94. The van der Waals surface area contributed by atoms with Gasteiger partial charge in [-0.2, -0.15) is 0 Å². The molecule has 4 heteroatoms. The highest BCUT2D eigenvalue weighted by atomic mass is 32.1. The largest absolute Gasteiger partial charge is 0.493 e. The maximum atomic E-state index is 6.13. The molecule has 0 bridgehead atoms. The first kappa shape index (κ1) is 18.2. The maximum Gasteiger partial charge on any atom is 0.165 e. The van der Waals surface area contributed by atoms with E-state index < -0.39 is 0 Å². The number of rotatable bonds is 4. The first-order valence-electron chi connectivity index (χ1n) is 9.88. The molecular formula is C25H23NO2S. The fraction of sp³-hybridized carbons (Fsp3) is 0.200. The zero-order valence-electron chi connectivity index (χ0n) is 16.4. The van der Waals surface area contributed by atoms with Crippen LogP contribution in [0.5, 0.6) is 11.5 Å². The van der Waals surface area contributed by atoms with Crippen LogP contribution < -0.4 is 9.47 Å². The van der Waals surface area contributed by atoms with Gasteiger partial charge < -0.3 is 9.47 Å². The van der Waals surface area contributed by atoms with Gasteiger partial charge in [0.05, 0.1) is 7.11 Å².